The number of allylic oxidation sites excluding steroid dienone is 1. The van der Waals surface area contributed by atoms with Crippen molar-refractivity contribution in [2.45, 2.75) is 19.9 Å². The number of furan rings is 1. The van der Waals surface area contributed by atoms with Crippen molar-refractivity contribution in [2.24, 2.45) is 4.99 Å². The van der Waals surface area contributed by atoms with Crippen LogP contribution < -0.4 is 24.4 Å². The van der Waals surface area contributed by atoms with E-state index < -0.39 is 12.0 Å². The minimum atomic E-state index is -0.839. The van der Waals surface area contributed by atoms with Gasteiger partial charge in [0.05, 0.1) is 36.6 Å². The molecule has 39 heavy (non-hydrogen) atoms. The molecule has 0 fully saturated rings. The third-order valence-corrected chi connectivity index (χ3v) is 7.51. The Morgan fingerprint density at radius 1 is 1.13 bits per heavy atom. The van der Waals surface area contributed by atoms with Crippen LogP contribution in [-0.2, 0) is 9.53 Å². The van der Waals surface area contributed by atoms with Gasteiger partial charge in [0, 0.05) is 22.2 Å². The molecule has 1 aliphatic heterocycles. The maximum atomic E-state index is 13.9. The average Bonchev–Trinajstić information content (AvgIpc) is 3.52. The van der Waals surface area contributed by atoms with Crippen LogP contribution in [-0.4, -0.2) is 31.4 Å². The van der Waals surface area contributed by atoms with Gasteiger partial charge in [-0.05, 0) is 68.4 Å². The fourth-order valence-electron chi connectivity index (χ4n) is 4.47. The van der Waals surface area contributed by atoms with Crippen molar-refractivity contribution < 1.29 is 23.4 Å². The highest BCUT2D eigenvalue weighted by atomic mass is 35.5. The molecule has 3 heterocycles. The second kappa shape index (κ2) is 11.0. The molecule has 0 amide bonds. The van der Waals surface area contributed by atoms with Gasteiger partial charge in [-0.1, -0.05) is 22.9 Å². The topological polar surface area (TPSA) is 92.3 Å². The molecule has 1 unspecified atom stereocenters. The van der Waals surface area contributed by atoms with Crippen molar-refractivity contribution in [3.8, 4) is 22.8 Å². The van der Waals surface area contributed by atoms with E-state index in [1.165, 1.54) is 23.0 Å². The summed E-state index contributed by atoms with van der Waals surface area (Å²) in [6.07, 6.45) is 1.67. The number of hydrogen-bond donors (Lipinski definition) is 0. The first-order valence-corrected chi connectivity index (χ1v) is 13.3. The van der Waals surface area contributed by atoms with Crippen LogP contribution in [0.3, 0.4) is 0 Å². The van der Waals surface area contributed by atoms with E-state index in [1.807, 2.05) is 18.2 Å². The first-order chi connectivity index (χ1) is 18.8. The standard InChI is InChI=1S/C29H25ClN2O6S/c1-5-37-28(34)25-16(2)31-29-32(26(25)21-14-19(35-3)10-13-23(21)36-4)27(33)24(39-29)15-20-11-12-22(38-20)17-6-8-18(30)9-7-17/h6-15,26H,5H2,1-4H3/b24-15-. The zero-order valence-corrected chi connectivity index (χ0v) is 23.3. The number of nitrogens with zero attached hydrogens (tertiary/aromatic N) is 2. The number of ether oxygens (including phenoxy) is 3. The van der Waals surface area contributed by atoms with Crippen molar-refractivity contribution in [3.63, 3.8) is 0 Å². The number of carbonyl (C=O) groups is 1. The molecule has 0 saturated heterocycles. The number of methoxy groups -OCH3 is 2. The molecular formula is C29H25ClN2O6S. The summed E-state index contributed by atoms with van der Waals surface area (Å²) in [7, 11) is 3.08. The normalized spacial score (nSPS) is 15.1. The molecule has 0 N–H and O–H groups in total. The molecule has 0 bridgehead atoms. The van der Waals surface area contributed by atoms with Crippen LogP contribution in [0.25, 0.3) is 17.4 Å². The molecule has 4 aromatic rings. The predicted octanol–water partition coefficient (Wildman–Crippen LogP) is 4.73. The molecule has 2 aromatic heterocycles. The third kappa shape index (κ3) is 5.03. The quantitative estimate of drug-likeness (QED) is 0.301. The lowest BCUT2D eigenvalue weighted by Gasteiger charge is -2.26. The van der Waals surface area contributed by atoms with Crippen LogP contribution in [0.15, 0.2) is 80.1 Å². The van der Waals surface area contributed by atoms with Crippen molar-refractivity contribution >= 4 is 35.0 Å². The number of thiazole rings is 1. The Balaban J connectivity index is 1.68. The summed E-state index contributed by atoms with van der Waals surface area (Å²) in [5, 5.41) is 0.631. The second-order valence-electron chi connectivity index (χ2n) is 8.62. The highest BCUT2D eigenvalue weighted by Gasteiger charge is 2.35. The first kappa shape index (κ1) is 26.5. The number of carbonyl (C=O) groups excluding carboxylic acids is 1. The van der Waals surface area contributed by atoms with Gasteiger partial charge in [0.15, 0.2) is 4.80 Å². The van der Waals surface area contributed by atoms with E-state index in [-0.39, 0.29) is 17.7 Å². The van der Waals surface area contributed by atoms with Crippen molar-refractivity contribution in [3.05, 3.63) is 102 Å². The Kier molecular flexibility index (Phi) is 7.45. The van der Waals surface area contributed by atoms with Crippen LogP contribution in [0, 0.1) is 0 Å². The number of rotatable bonds is 7. The summed E-state index contributed by atoms with van der Waals surface area (Å²) in [5.41, 5.74) is 1.82. The molecule has 200 valence electrons. The number of esters is 1. The molecule has 1 atom stereocenters. The number of fused-ring (bicyclic) bond motifs is 1. The number of hydrogen-bond acceptors (Lipinski definition) is 8. The van der Waals surface area contributed by atoms with Gasteiger partial charge in [-0.3, -0.25) is 9.36 Å². The fraction of sp³-hybridized carbons (Fsp3) is 0.207. The Hall–Kier alpha value is -4.08. The summed E-state index contributed by atoms with van der Waals surface area (Å²) < 4.78 is 24.3. The minimum absolute atomic E-state index is 0.177. The molecular weight excluding hydrogens is 540 g/mol. The molecule has 0 radical (unpaired) electrons. The Bertz CT molecular complexity index is 1760. The highest BCUT2D eigenvalue weighted by Crippen LogP contribution is 2.37. The maximum absolute atomic E-state index is 13.9. The first-order valence-electron chi connectivity index (χ1n) is 12.1. The Morgan fingerprint density at radius 3 is 2.59 bits per heavy atom. The van der Waals surface area contributed by atoms with E-state index in [0.717, 1.165) is 5.56 Å². The summed E-state index contributed by atoms with van der Waals surface area (Å²) in [6.45, 7) is 3.64. The van der Waals surface area contributed by atoms with Crippen molar-refractivity contribution in [1.82, 2.24) is 4.57 Å². The van der Waals surface area contributed by atoms with Gasteiger partial charge >= 0.3 is 5.97 Å². The summed E-state index contributed by atoms with van der Waals surface area (Å²) in [5.74, 6) is 1.63. The molecule has 1 aliphatic rings. The van der Waals surface area contributed by atoms with Crippen molar-refractivity contribution in [2.75, 3.05) is 20.8 Å². The van der Waals surface area contributed by atoms with Gasteiger partial charge in [-0.25, -0.2) is 9.79 Å². The van der Waals surface area contributed by atoms with E-state index in [0.29, 0.717) is 48.6 Å². The maximum Gasteiger partial charge on any atom is 0.338 e. The largest absolute Gasteiger partial charge is 0.497 e. The summed E-state index contributed by atoms with van der Waals surface area (Å²) >= 11 is 7.21. The molecule has 0 spiro atoms. The van der Waals surface area contributed by atoms with Gasteiger partial charge in [0.2, 0.25) is 0 Å². The van der Waals surface area contributed by atoms with Crippen LogP contribution in [0.5, 0.6) is 11.5 Å². The van der Waals surface area contributed by atoms with Crippen LogP contribution in [0.2, 0.25) is 5.02 Å². The van der Waals surface area contributed by atoms with E-state index in [4.69, 9.17) is 30.2 Å². The lowest BCUT2D eigenvalue weighted by molar-refractivity contribution is -0.139. The molecule has 5 rings (SSSR count). The third-order valence-electron chi connectivity index (χ3n) is 6.28. The lowest BCUT2D eigenvalue weighted by Crippen LogP contribution is -2.40. The van der Waals surface area contributed by atoms with Crippen molar-refractivity contribution in [1.29, 1.82) is 0 Å². The molecule has 0 aliphatic carbocycles. The van der Waals surface area contributed by atoms with Gasteiger partial charge in [0.1, 0.15) is 29.1 Å². The fourth-order valence-corrected chi connectivity index (χ4v) is 5.62. The zero-order chi connectivity index (χ0) is 27.7. The zero-order valence-electron chi connectivity index (χ0n) is 21.7. The van der Waals surface area contributed by atoms with E-state index in [2.05, 4.69) is 4.99 Å². The average molecular weight is 565 g/mol. The van der Waals surface area contributed by atoms with E-state index >= 15 is 0 Å². The monoisotopic (exact) mass is 564 g/mol. The SMILES string of the molecule is CCOC(=O)C1=C(C)N=c2s/c(=C\c3ccc(-c4ccc(Cl)cc4)o3)c(=O)n2C1c1cc(OC)ccc1OC. The highest BCUT2D eigenvalue weighted by molar-refractivity contribution is 7.07. The van der Waals surface area contributed by atoms with Crippen LogP contribution >= 0.6 is 22.9 Å². The molecule has 8 nitrogen and oxygen atoms in total. The summed E-state index contributed by atoms with van der Waals surface area (Å²) in [6, 6.07) is 15.3. The molecule has 0 saturated carbocycles. The lowest BCUT2D eigenvalue weighted by atomic mass is 9.95. The molecule has 10 heteroatoms. The van der Waals surface area contributed by atoms with Crippen LogP contribution in [0.1, 0.15) is 31.2 Å². The number of halogens is 1. The predicted molar refractivity (Wildman–Crippen MR) is 149 cm³/mol. The van der Waals surface area contributed by atoms with Crippen LogP contribution in [0.4, 0.5) is 0 Å². The van der Waals surface area contributed by atoms with E-state index in [9.17, 15) is 9.59 Å². The van der Waals surface area contributed by atoms with Gasteiger partial charge in [-0.2, -0.15) is 0 Å². The van der Waals surface area contributed by atoms with Gasteiger partial charge in [0.25, 0.3) is 5.56 Å². The number of benzene rings is 2. The van der Waals surface area contributed by atoms with Gasteiger partial charge < -0.3 is 18.6 Å². The molecule has 2 aromatic carbocycles. The second-order valence-corrected chi connectivity index (χ2v) is 10.1. The minimum Gasteiger partial charge on any atom is -0.497 e. The smallest absolute Gasteiger partial charge is 0.338 e. The Labute approximate surface area is 233 Å². The number of aromatic nitrogens is 1. The van der Waals surface area contributed by atoms with Gasteiger partial charge in [-0.15, -0.1) is 0 Å². The summed E-state index contributed by atoms with van der Waals surface area (Å²) in [4.78, 5) is 32.1. The Morgan fingerprint density at radius 2 is 1.90 bits per heavy atom. The van der Waals surface area contributed by atoms with E-state index in [1.54, 1.807) is 63.4 Å².